The zero-order valence-corrected chi connectivity index (χ0v) is 5.93. The van der Waals surface area contributed by atoms with Crippen LogP contribution in [0.15, 0.2) is 12.1 Å². The van der Waals surface area contributed by atoms with Gasteiger partial charge in [-0.25, -0.2) is 13.6 Å². The van der Waals surface area contributed by atoms with Gasteiger partial charge in [-0.2, -0.15) is 0 Å². The summed E-state index contributed by atoms with van der Waals surface area (Å²) in [6.45, 7) is -0.0388. The molecule has 1 heterocycles. The molecule has 2 rings (SSSR count). The number of ether oxygens (including phenoxy) is 1. The van der Waals surface area contributed by atoms with Gasteiger partial charge in [0.25, 0.3) is 0 Å². The van der Waals surface area contributed by atoms with Crippen LogP contribution in [-0.4, -0.2) is 5.97 Å². The first-order valence-corrected chi connectivity index (χ1v) is 3.33. The number of hydrogen-bond donors (Lipinski definition) is 0. The molecule has 12 heavy (non-hydrogen) atoms. The molecule has 0 radical (unpaired) electrons. The van der Waals surface area contributed by atoms with Crippen molar-refractivity contribution >= 4 is 5.97 Å². The Balaban J connectivity index is 2.68. The lowest BCUT2D eigenvalue weighted by Crippen LogP contribution is -1.98. The Labute approximate surface area is 66.8 Å². The highest BCUT2D eigenvalue weighted by molar-refractivity contribution is 5.93. The van der Waals surface area contributed by atoms with E-state index in [0.717, 1.165) is 6.07 Å². The smallest absolute Gasteiger partial charge is 0.341 e. The number of esters is 1. The molecule has 0 bridgehead atoms. The molecule has 0 spiro atoms. The lowest BCUT2D eigenvalue weighted by Gasteiger charge is -1.95. The lowest BCUT2D eigenvalue weighted by molar-refractivity contribution is 0.0532. The Morgan fingerprint density at radius 2 is 2.08 bits per heavy atom. The molecule has 1 aromatic carbocycles. The van der Waals surface area contributed by atoms with Crippen LogP contribution in [0.1, 0.15) is 15.9 Å². The van der Waals surface area contributed by atoms with Crippen molar-refractivity contribution in [1.29, 1.82) is 0 Å². The zero-order valence-electron chi connectivity index (χ0n) is 5.93. The Morgan fingerprint density at radius 3 is 2.83 bits per heavy atom. The van der Waals surface area contributed by atoms with E-state index in [0.29, 0.717) is 6.07 Å². The van der Waals surface area contributed by atoms with Gasteiger partial charge in [0.05, 0.1) is 0 Å². The second-order valence-corrected chi connectivity index (χ2v) is 2.50. The quantitative estimate of drug-likeness (QED) is 0.553. The van der Waals surface area contributed by atoms with Crippen LogP contribution < -0.4 is 0 Å². The van der Waals surface area contributed by atoms with Gasteiger partial charge >= 0.3 is 5.97 Å². The molecule has 0 amide bonds. The predicted octanol–water partition coefficient (Wildman–Crippen LogP) is 1.64. The number of benzene rings is 1. The average molecular weight is 170 g/mol. The fourth-order valence-corrected chi connectivity index (χ4v) is 1.18. The third kappa shape index (κ3) is 0.879. The van der Waals surface area contributed by atoms with E-state index in [9.17, 15) is 13.6 Å². The summed E-state index contributed by atoms with van der Waals surface area (Å²) in [5.41, 5.74) is 0.133. The SMILES string of the molecule is O=C1OCc2cc(F)cc(F)c21. The largest absolute Gasteiger partial charge is 0.457 e. The minimum absolute atomic E-state index is 0.0388. The standard InChI is InChI=1S/C8H4F2O2/c9-5-1-4-3-12-8(11)7(4)6(10)2-5/h1-2H,3H2. The van der Waals surface area contributed by atoms with Gasteiger partial charge in [0.15, 0.2) is 0 Å². The first-order valence-electron chi connectivity index (χ1n) is 3.33. The van der Waals surface area contributed by atoms with E-state index >= 15 is 0 Å². The van der Waals surface area contributed by atoms with Crippen molar-refractivity contribution in [1.82, 2.24) is 0 Å². The Kier molecular flexibility index (Phi) is 1.36. The number of fused-ring (bicyclic) bond motifs is 1. The normalized spacial score (nSPS) is 14.3. The summed E-state index contributed by atoms with van der Waals surface area (Å²) < 4.78 is 29.9. The van der Waals surface area contributed by atoms with Crippen LogP contribution >= 0.6 is 0 Å². The Hall–Kier alpha value is -1.45. The van der Waals surface area contributed by atoms with Gasteiger partial charge in [-0.3, -0.25) is 0 Å². The summed E-state index contributed by atoms with van der Waals surface area (Å²) >= 11 is 0. The molecule has 0 aliphatic carbocycles. The van der Waals surface area contributed by atoms with Gasteiger partial charge < -0.3 is 4.74 Å². The van der Waals surface area contributed by atoms with Crippen LogP contribution in [0.25, 0.3) is 0 Å². The number of cyclic esters (lactones) is 1. The molecule has 4 heteroatoms. The van der Waals surface area contributed by atoms with Crippen molar-refractivity contribution in [3.8, 4) is 0 Å². The number of rotatable bonds is 0. The molecule has 0 N–H and O–H groups in total. The first-order chi connectivity index (χ1) is 5.68. The van der Waals surface area contributed by atoms with E-state index in [2.05, 4.69) is 4.74 Å². The maximum Gasteiger partial charge on any atom is 0.341 e. The van der Waals surface area contributed by atoms with Crippen molar-refractivity contribution in [3.05, 3.63) is 34.9 Å². The molecule has 1 aromatic rings. The minimum Gasteiger partial charge on any atom is -0.457 e. The van der Waals surface area contributed by atoms with Gasteiger partial charge in [0.2, 0.25) is 0 Å². The summed E-state index contributed by atoms with van der Waals surface area (Å²) in [5.74, 6) is -2.26. The average Bonchev–Trinajstić information content (AvgIpc) is 2.31. The minimum atomic E-state index is -0.854. The monoisotopic (exact) mass is 170 g/mol. The van der Waals surface area contributed by atoms with Gasteiger partial charge in [0, 0.05) is 11.6 Å². The second kappa shape index (κ2) is 2.27. The summed E-state index contributed by atoms with van der Waals surface area (Å²) in [6, 6.07) is 1.77. The molecule has 0 atom stereocenters. The summed E-state index contributed by atoms with van der Waals surface area (Å²) in [6.07, 6.45) is 0. The Morgan fingerprint density at radius 1 is 1.33 bits per heavy atom. The molecule has 1 aliphatic heterocycles. The third-order valence-corrected chi connectivity index (χ3v) is 1.70. The van der Waals surface area contributed by atoms with Crippen molar-refractivity contribution in [2.75, 3.05) is 0 Å². The molecule has 0 unspecified atom stereocenters. The summed E-state index contributed by atoms with van der Waals surface area (Å²) in [5, 5.41) is 0. The molecule has 0 saturated heterocycles. The van der Waals surface area contributed by atoms with Gasteiger partial charge in [0.1, 0.15) is 23.8 Å². The first kappa shape index (κ1) is 7.21. The highest BCUT2D eigenvalue weighted by Crippen LogP contribution is 2.23. The van der Waals surface area contributed by atoms with Crippen LogP contribution in [0, 0.1) is 11.6 Å². The van der Waals surface area contributed by atoms with Crippen molar-refractivity contribution < 1.29 is 18.3 Å². The predicted molar refractivity (Wildman–Crippen MR) is 35.5 cm³/mol. The molecule has 0 fully saturated rings. The van der Waals surface area contributed by atoms with E-state index in [1.807, 2.05) is 0 Å². The van der Waals surface area contributed by atoms with Gasteiger partial charge in [-0.15, -0.1) is 0 Å². The topological polar surface area (TPSA) is 26.3 Å². The van der Waals surface area contributed by atoms with Crippen molar-refractivity contribution in [3.63, 3.8) is 0 Å². The highest BCUT2D eigenvalue weighted by Gasteiger charge is 2.25. The maximum absolute atomic E-state index is 12.9. The number of carbonyl (C=O) groups is 1. The van der Waals surface area contributed by atoms with E-state index in [-0.39, 0.29) is 17.7 Å². The molecular weight excluding hydrogens is 166 g/mol. The van der Waals surface area contributed by atoms with Gasteiger partial charge in [-0.05, 0) is 6.07 Å². The van der Waals surface area contributed by atoms with E-state index in [1.54, 1.807) is 0 Å². The van der Waals surface area contributed by atoms with Crippen molar-refractivity contribution in [2.45, 2.75) is 6.61 Å². The molecule has 1 aliphatic rings. The van der Waals surface area contributed by atoms with E-state index in [4.69, 9.17) is 0 Å². The maximum atomic E-state index is 12.9. The van der Waals surface area contributed by atoms with Crippen molar-refractivity contribution in [2.24, 2.45) is 0 Å². The molecule has 0 aromatic heterocycles. The van der Waals surface area contributed by atoms with E-state index < -0.39 is 17.6 Å². The van der Waals surface area contributed by atoms with Crippen LogP contribution in [0.3, 0.4) is 0 Å². The van der Waals surface area contributed by atoms with Crippen LogP contribution in [0.5, 0.6) is 0 Å². The highest BCUT2D eigenvalue weighted by atomic mass is 19.1. The van der Waals surface area contributed by atoms with E-state index in [1.165, 1.54) is 0 Å². The Bertz CT molecular complexity index is 360. The zero-order chi connectivity index (χ0) is 8.72. The molecular formula is C8H4F2O2. The second-order valence-electron chi connectivity index (χ2n) is 2.50. The van der Waals surface area contributed by atoms with Gasteiger partial charge in [-0.1, -0.05) is 0 Å². The third-order valence-electron chi connectivity index (χ3n) is 1.70. The fraction of sp³-hybridized carbons (Fsp3) is 0.125. The molecule has 2 nitrogen and oxygen atoms in total. The molecule has 62 valence electrons. The lowest BCUT2D eigenvalue weighted by atomic mass is 10.1. The van der Waals surface area contributed by atoms with Crippen LogP contribution in [-0.2, 0) is 11.3 Å². The van der Waals surface area contributed by atoms with Crippen LogP contribution in [0.4, 0.5) is 8.78 Å². The summed E-state index contributed by atoms with van der Waals surface area (Å²) in [7, 11) is 0. The fourth-order valence-electron chi connectivity index (χ4n) is 1.18. The summed E-state index contributed by atoms with van der Waals surface area (Å²) in [4.78, 5) is 10.8. The number of halogens is 2. The van der Waals surface area contributed by atoms with Crippen LogP contribution in [0.2, 0.25) is 0 Å². The number of carbonyl (C=O) groups excluding carboxylic acids is 1. The number of hydrogen-bond acceptors (Lipinski definition) is 2. The molecule has 0 saturated carbocycles.